The summed E-state index contributed by atoms with van der Waals surface area (Å²) < 4.78 is 11.2. The van der Waals surface area contributed by atoms with Crippen LogP contribution in [0.15, 0.2) is 54.6 Å². The van der Waals surface area contributed by atoms with Crippen LogP contribution in [0.1, 0.15) is 31.9 Å². The number of likely N-dealkylation sites (N-methyl/N-ethyl adjacent to an activating group) is 1. The number of carboxylic acids is 1. The predicted molar refractivity (Wildman–Crippen MR) is 112 cm³/mol. The van der Waals surface area contributed by atoms with Gasteiger partial charge in [0.05, 0.1) is 0 Å². The van der Waals surface area contributed by atoms with Gasteiger partial charge in [0.25, 0.3) is 0 Å². The fourth-order valence-electron chi connectivity index (χ4n) is 2.75. The molecule has 29 heavy (non-hydrogen) atoms. The zero-order valence-corrected chi connectivity index (χ0v) is 17.1. The number of hydrogen-bond donors (Lipinski definition) is 1. The van der Waals surface area contributed by atoms with E-state index < -0.39 is 12.6 Å². The van der Waals surface area contributed by atoms with Gasteiger partial charge in [0.1, 0.15) is 18.1 Å². The number of ether oxygens (including phenoxy) is 2. The largest absolute Gasteiger partial charge is 0.489 e. The number of amides is 1. The minimum Gasteiger partial charge on any atom is -0.489 e. The lowest BCUT2D eigenvalue weighted by Gasteiger charge is -2.17. The Balaban J connectivity index is 2.27. The van der Waals surface area contributed by atoms with Gasteiger partial charge < -0.3 is 19.5 Å². The quantitative estimate of drug-likeness (QED) is 0.613. The van der Waals surface area contributed by atoms with Gasteiger partial charge in [-0.3, -0.25) is 4.79 Å². The van der Waals surface area contributed by atoms with Crippen molar-refractivity contribution in [2.75, 3.05) is 19.7 Å². The lowest BCUT2D eigenvalue weighted by Crippen LogP contribution is -2.28. The van der Waals surface area contributed by atoms with Crippen LogP contribution in [0.25, 0.3) is 5.57 Å². The summed E-state index contributed by atoms with van der Waals surface area (Å²) in [7, 11) is 0. The van der Waals surface area contributed by atoms with Gasteiger partial charge in [0.15, 0.2) is 6.61 Å². The summed E-state index contributed by atoms with van der Waals surface area (Å²) in [4.78, 5) is 25.0. The number of carbonyl (C=O) groups is 2. The van der Waals surface area contributed by atoms with Crippen LogP contribution in [0, 0.1) is 0 Å². The normalized spacial score (nSPS) is 11.1. The van der Waals surface area contributed by atoms with Crippen LogP contribution < -0.4 is 9.47 Å². The zero-order valence-electron chi connectivity index (χ0n) is 17.1. The molecule has 0 aliphatic carbocycles. The molecule has 0 aliphatic heterocycles. The van der Waals surface area contributed by atoms with Crippen molar-refractivity contribution in [1.29, 1.82) is 0 Å². The fraction of sp³-hybridized carbons (Fsp3) is 0.304. The topological polar surface area (TPSA) is 76.1 Å². The highest BCUT2D eigenvalue weighted by Crippen LogP contribution is 2.28. The molecule has 0 unspecified atom stereocenters. The van der Waals surface area contributed by atoms with Crippen LogP contribution in [-0.2, 0) is 16.2 Å². The van der Waals surface area contributed by atoms with Gasteiger partial charge in [0.2, 0.25) is 5.91 Å². The Morgan fingerprint density at radius 2 is 1.62 bits per heavy atom. The fourth-order valence-corrected chi connectivity index (χ4v) is 2.75. The number of carbonyl (C=O) groups excluding carboxylic acids is 1. The molecule has 0 bridgehead atoms. The summed E-state index contributed by atoms with van der Waals surface area (Å²) in [5.74, 6) is -0.229. The van der Waals surface area contributed by atoms with Crippen molar-refractivity contribution in [3.8, 4) is 11.5 Å². The first kappa shape index (κ1) is 22.0. The highest BCUT2D eigenvalue weighted by Gasteiger charge is 2.11. The average molecular weight is 397 g/mol. The molecule has 2 rings (SSSR count). The van der Waals surface area contributed by atoms with Crippen molar-refractivity contribution in [2.45, 2.75) is 27.4 Å². The van der Waals surface area contributed by atoms with Crippen molar-refractivity contribution in [3.63, 3.8) is 0 Å². The second-order valence-electron chi connectivity index (χ2n) is 6.49. The Labute approximate surface area is 171 Å². The van der Waals surface area contributed by atoms with Gasteiger partial charge in [-0.1, -0.05) is 30.3 Å². The first-order valence-electron chi connectivity index (χ1n) is 9.56. The highest BCUT2D eigenvalue weighted by molar-refractivity contribution is 5.95. The van der Waals surface area contributed by atoms with Crippen molar-refractivity contribution in [1.82, 2.24) is 4.90 Å². The Morgan fingerprint density at radius 1 is 1.00 bits per heavy atom. The molecule has 1 amide bonds. The van der Waals surface area contributed by atoms with Crippen molar-refractivity contribution < 1.29 is 24.2 Å². The third-order valence-corrected chi connectivity index (χ3v) is 4.36. The van der Waals surface area contributed by atoms with E-state index in [1.54, 1.807) is 23.1 Å². The molecule has 0 saturated carbocycles. The third kappa shape index (κ3) is 6.99. The summed E-state index contributed by atoms with van der Waals surface area (Å²) in [5, 5.41) is 8.89. The summed E-state index contributed by atoms with van der Waals surface area (Å²) in [6, 6.07) is 14.9. The van der Waals surface area contributed by atoms with E-state index in [1.807, 2.05) is 57.2 Å². The molecule has 1 N–H and O–H groups in total. The molecule has 154 valence electrons. The summed E-state index contributed by atoms with van der Waals surface area (Å²) in [6.45, 7) is 6.87. The smallest absolute Gasteiger partial charge is 0.341 e. The molecule has 6 heteroatoms. The minimum absolute atomic E-state index is 0.0730. The van der Waals surface area contributed by atoms with E-state index in [0.717, 1.165) is 16.7 Å². The third-order valence-electron chi connectivity index (χ3n) is 4.36. The van der Waals surface area contributed by atoms with Gasteiger partial charge in [-0.2, -0.15) is 0 Å². The van der Waals surface area contributed by atoms with Crippen LogP contribution in [-0.4, -0.2) is 41.6 Å². The number of nitrogens with zero attached hydrogens (tertiary/aromatic N) is 1. The molecular weight excluding hydrogens is 370 g/mol. The first-order valence-corrected chi connectivity index (χ1v) is 9.56. The van der Waals surface area contributed by atoms with Crippen LogP contribution in [0.2, 0.25) is 0 Å². The Morgan fingerprint density at radius 3 is 2.21 bits per heavy atom. The van der Waals surface area contributed by atoms with Gasteiger partial charge >= 0.3 is 5.97 Å². The monoisotopic (exact) mass is 397 g/mol. The molecule has 0 fully saturated rings. The molecule has 0 radical (unpaired) electrons. The second-order valence-corrected chi connectivity index (χ2v) is 6.49. The van der Waals surface area contributed by atoms with E-state index in [9.17, 15) is 9.59 Å². The zero-order chi connectivity index (χ0) is 21.2. The first-order chi connectivity index (χ1) is 13.9. The second kappa shape index (κ2) is 10.9. The molecule has 0 saturated heterocycles. The van der Waals surface area contributed by atoms with Crippen LogP contribution in [0.3, 0.4) is 0 Å². The van der Waals surface area contributed by atoms with Crippen LogP contribution in [0.4, 0.5) is 0 Å². The molecule has 0 spiro atoms. The molecule has 0 aromatic heterocycles. The maximum Gasteiger partial charge on any atom is 0.341 e. The number of hydrogen-bond acceptors (Lipinski definition) is 4. The number of allylic oxidation sites excluding steroid dienone is 1. The van der Waals surface area contributed by atoms with Crippen molar-refractivity contribution >= 4 is 17.4 Å². The summed E-state index contributed by atoms with van der Waals surface area (Å²) >= 11 is 0. The molecular formula is C23H27NO5. The van der Waals surface area contributed by atoms with Crippen molar-refractivity contribution in [3.05, 3.63) is 65.7 Å². The summed E-state index contributed by atoms with van der Waals surface area (Å²) in [6.07, 6.45) is 1.57. The maximum absolute atomic E-state index is 12.4. The van der Waals surface area contributed by atoms with Gasteiger partial charge in [0, 0.05) is 25.2 Å². The Bertz CT molecular complexity index is 857. The average Bonchev–Trinajstić information content (AvgIpc) is 2.72. The van der Waals surface area contributed by atoms with Gasteiger partial charge in [-0.05, 0) is 49.6 Å². The Hall–Kier alpha value is -3.28. The standard InChI is InChI=1S/C23H27NO5/c1-4-24(5-2)22(25)11-17(3)19-12-20(14-21(13-19)29-16-23(26)27)28-15-18-9-7-6-8-10-18/h6-14H,4-5,15-16H2,1-3H3,(H,26,27)/b17-11+. The van der Waals surface area contributed by atoms with Crippen LogP contribution >= 0.6 is 0 Å². The molecule has 0 aliphatic rings. The van der Waals surface area contributed by atoms with E-state index in [-0.39, 0.29) is 5.91 Å². The van der Waals surface area contributed by atoms with Crippen LogP contribution in [0.5, 0.6) is 11.5 Å². The number of rotatable bonds is 10. The van der Waals surface area contributed by atoms with E-state index >= 15 is 0 Å². The lowest BCUT2D eigenvalue weighted by molar-refractivity contribution is -0.139. The molecule has 0 atom stereocenters. The highest BCUT2D eigenvalue weighted by atomic mass is 16.5. The minimum atomic E-state index is -1.06. The number of benzene rings is 2. The number of carboxylic acid groups (broad SMARTS) is 1. The van der Waals surface area contributed by atoms with E-state index in [1.165, 1.54) is 0 Å². The molecule has 6 nitrogen and oxygen atoms in total. The Kier molecular flexibility index (Phi) is 8.27. The molecule has 0 heterocycles. The summed E-state index contributed by atoms with van der Waals surface area (Å²) in [5.41, 5.74) is 2.48. The van der Waals surface area contributed by atoms with Gasteiger partial charge in [-0.15, -0.1) is 0 Å². The molecule has 2 aromatic rings. The molecule has 2 aromatic carbocycles. The van der Waals surface area contributed by atoms with E-state index in [4.69, 9.17) is 14.6 Å². The van der Waals surface area contributed by atoms with Crippen molar-refractivity contribution in [2.24, 2.45) is 0 Å². The number of aliphatic carboxylic acids is 1. The SMILES string of the molecule is CCN(CC)C(=O)/C=C(\C)c1cc(OCC(=O)O)cc(OCc2ccccc2)c1. The predicted octanol–water partition coefficient (Wildman–Crippen LogP) is 4.00. The van der Waals surface area contributed by atoms with E-state index in [0.29, 0.717) is 31.2 Å². The maximum atomic E-state index is 12.4. The van der Waals surface area contributed by atoms with Gasteiger partial charge in [-0.25, -0.2) is 4.79 Å². The lowest BCUT2D eigenvalue weighted by atomic mass is 10.1. The van der Waals surface area contributed by atoms with E-state index in [2.05, 4.69) is 0 Å².